The second kappa shape index (κ2) is 9.96. The van der Waals surface area contributed by atoms with Gasteiger partial charge in [0.1, 0.15) is 0 Å². The maximum atomic E-state index is 12.3. The van der Waals surface area contributed by atoms with Crippen LogP contribution in [0.5, 0.6) is 0 Å². The molecule has 1 fully saturated rings. The smallest absolute Gasteiger partial charge is 0.193 e. The second-order valence-electron chi connectivity index (χ2n) is 8.48. The average Bonchev–Trinajstić information content (AvgIpc) is 2.67. The fourth-order valence-corrected chi connectivity index (χ4v) is 5.59. The molecule has 2 heterocycles. The van der Waals surface area contributed by atoms with Gasteiger partial charge in [-0.25, -0.2) is 8.42 Å². The highest BCUT2D eigenvalue weighted by Crippen LogP contribution is 2.24. The molecule has 0 amide bonds. The van der Waals surface area contributed by atoms with E-state index in [1.807, 2.05) is 13.8 Å². The van der Waals surface area contributed by atoms with E-state index in [9.17, 15) is 8.42 Å². The number of rotatable bonds is 4. The van der Waals surface area contributed by atoms with Crippen molar-refractivity contribution in [1.82, 2.24) is 15.1 Å². The molecule has 1 aromatic rings. The first kappa shape index (κ1) is 24.4. The van der Waals surface area contributed by atoms with Crippen LogP contribution >= 0.6 is 24.0 Å². The highest BCUT2D eigenvalue weighted by atomic mass is 127. The molecule has 2 aliphatic rings. The van der Waals surface area contributed by atoms with Gasteiger partial charge < -0.3 is 10.2 Å². The number of sulfone groups is 1. The summed E-state index contributed by atoms with van der Waals surface area (Å²) in [6.45, 7) is 9.70. The van der Waals surface area contributed by atoms with Gasteiger partial charge in [0.25, 0.3) is 0 Å². The second-order valence-corrected chi connectivity index (χ2v) is 11.2. The largest absolute Gasteiger partial charge is 0.355 e. The van der Waals surface area contributed by atoms with Crippen molar-refractivity contribution >= 4 is 39.8 Å². The van der Waals surface area contributed by atoms with E-state index in [-0.39, 0.29) is 29.7 Å². The molecule has 0 spiro atoms. The van der Waals surface area contributed by atoms with Crippen molar-refractivity contribution in [3.05, 3.63) is 35.4 Å². The topological polar surface area (TPSA) is 65.0 Å². The third-order valence-corrected chi connectivity index (χ3v) is 8.73. The number of fused-ring (bicyclic) bond motifs is 1. The molecule has 8 heteroatoms. The number of benzene rings is 1. The maximum Gasteiger partial charge on any atom is 0.193 e. The molecule has 6 nitrogen and oxygen atoms in total. The first-order valence-electron chi connectivity index (χ1n) is 10.3. The molecule has 29 heavy (non-hydrogen) atoms. The zero-order valence-corrected chi connectivity index (χ0v) is 21.2. The van der Waals surface area contributed by atoms with Gasteiger partial charge >= 0.3 is 0 Å². The number of nitrogens with one attached hydrogen (secondary N) is 1. The van der Waals surface area contributed by atoms with Gasteiger partial charge in [-0.2, -0.15) is 0 Å². The first-order chi connectivity index (χ1) is 13.3. The fraction of sp³-hybridized carbons (Fsp3) is 0.667. The number of aliphatic imine (C=N–C) groups is 1. The molecule has 1 aromatic carbocycles. The van der Waals surface area contributed by atoms with E-state index in [1.165, 1.54) is 11.1 Å². The third kappa shape index (κ3) is 5.44. The summed E-state index contributed by atoms with van der Waals surface area (Å²) >= 11 is 0. The predicted octanol–water partition coefficient (Wildman–Crippen LogP) is 2.53. The lowest BCUT2D eigenvalue weighted by molar-refractivity contribution is 0.173. The maximum absolute atomic E-state index is 12.3. The monoisotopic (exact) mass is 534 g/mol. The summed E-state index contributed by atoms with van der Waals surface area (Å²) in [6.07, 6.45) is 2.16. The lowest BCUT2D eigenvalue weighted by Gasteiger charge is -2.40. The van der Waals surface area contributed by atoms with Gasteiger partial charge in [0.15, 0.2) is 15.8 Å². The Kier molecular flexibility index (Phi) is 8.38. The Bertz CT molecular complexity index is 826. The summed E-state index contributed by atoms with van der Waals surface area (Å²) in [4.78, 5) is 9.06. The molecule has 1 N–H and O–H groups in total. The molecule has 2 aliphatic heterocycles. The van der Waals surface area contributed by atoms with E-state index in [0.29, 0.717) is 19.1 Å². The summed E-state index contributed by atoms with van der Waals surface area (Å²) in [6, 6.07) is 9.14. The Morgan fingerprint density at radius 1 is 1.24 bits per heavy atom. The number of hydrogen-bond donors (Lipinski definition) is 1. The summed E-state index contributed by atoms with van der Waals surface area (Å²) in [7, 11) is -1.28. The predicted molar refractivity (Wildman–Crippen MR) is 131 cm³/mol. The minimum Gasteiger partial charge on any atom is -0.355 e. The van der Waals surface area contributed by atoms with E-state index in [0.717, 1.165) is 38.4 Å². The van der Waals surface area contributed by atoms with E-state index in [4.69, 9.17) is 0 Å². The van der Waals surface area contributed by atoms with Crippen LogP contribution in [0.3, 0.4) is 0 Å². The molecule has 1 saturated heterocycles. The molecule has 0 bridgehead atoms. The molecule has 1 atom stereocenters. The summed E-state index contributed by atoms with van der Waals surface area (Å²) in [5.74, 6) is 0.986. The zero-order valence-electron chi connectivity index (χ0n) is 18.0. The Morgan fingerprint density at radius 2 is 1.93 bits per heavy atom. The number of halogens is 1. The molecule has 1 unspecified atom stereocenters. The van der Waals surface area contributed by atoms with Crippen molar-refractivity contribution in [2.24, 2.45) is 4.99 Å². The van der Waals surface area contributed by atoms with E-state index in [2.05, 4.69) is 51.3 Å². The van der Waals surface area contributed by atoms with Crippen LogP contribution in [-0.4, -0.2) is 73.9 Å². The average molecular weight is 535 g/mol. The number of guanidine groups is 1. The minimum atomic E-state index is -3.05. The van der Waals surface area contributed by atoms with Crippen LogP contribution in [0.2, 0.25) is 0 Å². The van der Waals surface area contributed by atoms with Crippen molar-refractivity contribution in [2.45, 2.75) is 50.9 Å². The van der Waals surface area contributed by atoms with Gasteiger partial charge in [0.05, 0.1) is 10.5 Å². The van der Waals surface area contributed by atoms with E-state index >= 15 is 0 Å². The number of hydrogen-bond acceptors (Lipinski definition) is 4. The zero-order chi connectivity index (χ0) is 20.4. The molecular formula is C21H35IN4O2S. The van der Waals surface area contributed by atoms with Crippen molar-refractivity contribution < 1.29 is 8.42 Å². The van der Waals surface area contributed by atoms with Crippen molar-refractivity contribution in [3.8, 4) is 0 Å². The van der Waals surface area contributed by atoms with Crippen LogP contribution in [0, 0.1) is 0 Å². The Morgan fingerprint density at radius 3 is 2.55 bits per heavy atom. The van der Waals surface area contributed by atoms with Crippen LogP contribution in [0.15, 0.2) is 29.3 Å². The lowest BCUT2D eigenvalue weighted by Crippen LogP contribution is -2.58. The van der Waals surface area contributed by atoms with Crippen LogP contribution < -0.4 is 5.32 Å². The Labute approximate surface area is 193 Å². The highest BCUT2D eigenvalue weighted by Gasteiger charge is 2.41. The highest BCUT2D eigenvalue weighted by molar-refractivity contribution is 14.0. The molecule has 164 valence electrons. The standard InChI is InChI=1S/C21H34N4O2S.HI/c1-5-19(24-11-10-17-8-6-7-9-18(17)15-24)14-23-20(22-4)25-12-13-28(26,27)21(2,3)16-25;/h6-9,19H,5,10-16H2,1-4H3,(H,22,23);1H. The van der Waals surface area contributed by atoms with E-state index in [1.54, 1.807) is 7.05 Å². The van der Waals surface area contributed by atoms with Gasteiger partial charge in [0.2, 0.25) is 0 Å². The van der Waals surface area contributed by atoms with Gasteiger partial charge in [-0.15, -0.1) is 24.0 Å². The normalized spacial score (nSPS) is 22.3. The fourth-order valence-electron chi connectivity index (χ4n) is 4.23. The van der Waals surface area contributed by atoms with Gasteiger partial charge in [0, 0.05) is 45.8 Å². The molecule has 0 aromatic heterocycles. The van der Waals surface area contributed by atoms with Gasteiger partial charge in [-0.1, -0.05) is 31.2 Å². The summed E-state index contributed by atoms with van der Waals surface area (Å²) in [5.41, 5.74) is 2.90. The molecule has 0 radical (unpaired) electrons. The van der Waals surface area contributed by atoms with Crippen LogP contribution in [-0.2, 0) is 22.8 Å². The summed E-state index contributed by atoms with van der Waals surface area (Å²) < 4.78 is 23.8. The minimum absolute atomic E-state index is 0. The number of nitrogens with zero attached hydrogens (tertiary/aromatic N) is 3. The lowest BCUT2D eigenvalue weighted by atomic mass is 9.98. The summed E-state index contributed by atoms with van der Waals surface area (Å²) in [5, 5.41) is 3.52. The van der Waals surface area contributed by atoms with Crippen LogP contribution in [0.4, 0.5) is 0 Å². The van der Waals surface area contributed by atoms with Crippen molar-refractivity contribution in [2.75, 3.05) is 39.0 Å². The molecule has 3 rings (SSSR count). The van der Waals surface area contributed by atoms with E-state index < -0.39 is 14.6 Å². The first-order valence-corrected chi connectivity index (χ1v) is 11.9. The van der Waals surface area contributed by atoms with Gasteiger partial charge in [-0.05, 0) is 37.8 Å². The SMILES string of the molecule is CCC(CNC(=NC)N1CCS(=O)(=O)C(C)(C)C1)N1CCc2ccccc2C1.I. The van der Waals surface area contributed by atoms with Crippen molar-refractivity contribution in [1.29, 1.82) is 0 Å². The van der Waals surface area contributed by atoms with Crippen LogP contribution in [0.25, 0.3) is 0 Å². The van der Waals surface area contributed by atoms with Crippen LogP contribution in [0.1, 0.15) is 38.3 Å². The quantitative estimate of drug-likeness (QED) is 0.366. The molecule has 0 aliphatic carbocycles. The molecule has 0 saturated carbocycles. The molecular weight excluding hydrogens is 499 g/mol. The Balaban J connectivity index is 0.00000300. The van der Waals surface area contributed by atoms with Gasteiger partial charge in [-0.3, -0.25) is 9.89 Å². The third-order valence-electron chi connectivity index (χ3n) is 6.20. The van der Waals surface area contributed by atoms with Crippen molar-refractivity contribution in [3.63, 3.8) is 0 Å². The Hall–Kier alpha value is -0.870.